The van der Waals surface area contributed by atoms with Gasteiger partial charge in [-0.05, 0) is 64.8 Å². The molecule has 0 bridgehead atoms. The third-order valence-electron chi connectivity index (χ3n) is 4.89. The molecule has 0 saturated heterocycles. The first kappa shape index (κ1) is 17.6. The molecule has 2 aliphatic carbocycles. The first-order chi connectivity index (χ1) is 10.3. The van der Waals surface area contributed by atoms with E-state index in [-0.39, 0.29) is 12.1 Å². The lowest BCUT2D eigenvalue weighted by Crippen LogP contribution is -2.53. The number of amides is 1. The van der Waals surface area contributed by atoms with Gasteiger partial charge in [-0.3, -0.25) is 0 Å². The highest BCUT2D eigenvalue weighted by atomic mass is 16.6. The molecule has 2 atom stereocenters. The number of carbonyl (C=O) groups excluding carboxylic acids is 1. The van der Waals surface area contributed by atoms with Crippen LogP contribution in [0.3, 0.4) is 0 Å². The van der Waals surface area contributed by atoms with Gasteiger partial charge in [0.05, 0.1) is 0 Å². The second kappa shape index (κ2) is 7.67. The van der Waals surface area contributed by atoms with E-state index in [0.29, 0.717) is 6.04 Å². The Balaban J connectivity index is 1.51. The minimum atomic E-state index is -0.414. The van der Waals surface area contributed by atoms with E-state index in [1.54, 1.807) is 0 Å². The van der Waals surface area contributed by atoms with Gasteiger partial charge in [0.1, 0.15) is 5.60 Å². The van der Waals surface area contributed by atoms with Crippen molar-refractivity contribution in [2.75, 3.05) is 6.54 Å². The van der Waals surface area contributed by atoms with Crippen molar-refractivity contribution in [2.45, 2.75) is 90.3 Å². The van der Waals surface area contributed by atoms with E-state index in [1.807, 2.05) is 20.8 Å². The predicted octanol–water partition coefficient (Wildman–Crippen LogP) is 3.85. The van der Waals surface area contributed by atoms with Crippen LogP contribution >= 0.6 is 0 Å². The lowest BCUT2D eigenvalue weighted by Gasteiger charge is -2.37. The van der Waals surface area contributed by atoms with E-state index in [4.69, 9.17) is 4.74 Å². The lowest BCUT2D eigenvalue weighted by molar-refractivity contribution is 0.0465. The van der Waals surface area contributed by atoms with E-state index < -0.39 is 5.60 Å². The number of hydrogen-bond donors (Lipinski definition) is 2. The highest BCUT2D eigenvalue weighted by Crippen LogP contribution is 2.30. The largest absolute Gasteiger partial charge is 0.444 e. The van der Waals surface area contributed by atoms with Gasteiger partial charge in [-0.1, -0.05) is 26.2 Å². The fraction of sp³-hybridized carbons (Fsp3) is 0.944. The Morgan fingerprint density at radius 1 is 1.14 bits per heavy atom. The van der Waals surface area contributed by atoms with Crippen LogP contribution in [0.1, 0.15) is 72.6 Å². The fourth-order valence-electron chi connectivity index (χ4n) is 3.69. The zero-order valence-electron chi connectivity index (χ0n) is 14.8. The first-order valence-electron chi connectivity index (χ1n) is 9.04. The van der Waals surface area contributed by atoms with Gasteiger partial charge in [-0.15, -0.1) is 0 Å². The maximum atomic E-state index is 11.7. The molecule has 0 heterocycles. The molecule has 4 heteroatoms. The lowest BCUT2D eigenvalue weighted by atomic mass is 9.80. The van der Waals surface area contributed by atoms with Crippen molar-refractivity contribution >= 4 is 6.09 Å². The SMILES string of the molecule is CC1CCCC(CCNC2CC(NC(=O)OC(C)(C)C)C2)C1. The first-order valence-corrected chi connectivity index (χ1v) is 9.04. The van der Waals surface area contributed by atoms with E-state index in [1.165, 1.54) is 32.1 Å². The van der Waals surface area contributed by atoms with E-state index in [9.17, 15) is 4.79 Å². The smallest absolute Gasteiger partial charge is 0.407 e. The van der Waals surface area contributed by atoms with Crippen LogP contribution in [0.2, 0.25) is 0 Å². The summed E-state index contributed by atoms with van der Waals surface area (Å²) in [5, 5.41) is 6.59. The molecule has 2 fully saturated rings. The average Bonchev–Trinajstić information content (AvgIpc) is 2.33. The van der Waals surface area contributed by atoms with Gasteiger partial charge in [0.15, 0.2) is 0 Å². The summed E-state index contributed by atoms with van der Waals surface area (Å²) in [6, 6.07) is 0.850. The molecule has 0 aromatic rings. The summed E-state index contributed by atoms with van der Waals surface area (Å²) < 4.78 is 5.28. The van der Waals surface area contributed by atoms with E-state index in [0.717, 1.165) is 31.2 Å². The molecule has 128 valence electrons. The monoisotopic (exact) mass is 310 g/mol. The topological polar surface area (TPSA) is 50.4 Å². The van der Waals surface area contributed by atoms with Gasteiger partial charge in [0.2, 0.25) is 0 Å². The molecule has 0 aromatic carbocycles. The minimum Gasteiger partial charge on any atom is -0.444 e. The van der Waals surface area contributed by atoms with Gasteiger partial charge in [-0.25, -0.2) is 4.79 Å². The standard InChI is InChI=1S/C18H34N2O2/c1-13-6-5-7-14(10-13)8-9-19-15-11-16(12-15)20-17(21)22-18(2,3)4/h13-16,19H,5-12H2,1-4H3,(H,20,21). The Morgan fingerprint density at radius 3 is 2.50 bits per heavy atom. The molecule has 0 aromatic heterocycles. The summed E-state index contributed by atoms with van der Waals surface area (Å²) in [5.41, 5.74) is -0.414. The van der Waals surface area contributed by atoms with E-state index in [2.05, 4.69) is 17.6 Å². The number of rotatable bonds is 5. The van der Waals surface area contributed by atoms with Crippen molar-refractivity contribution in [3.05, 3.63) is 0 Å². The van der Waals surface area contributed by atoms with Crippen LogP contribution in [0.4, 0.5) is 4.79 Å². The van der Waals surface area contributed by atoms with Crippen LogP contribution in [0.25, 0.3) is 0 Å². The maximum Gasteiger partial charge on any atom is 0.407 e. The Bertz CT molecular complexity index is 359. The molecule has 0 spiro atoms. The number of hydrogen-bond acceptors (Lipinski definition) is 3. The molecular weight excluding hydrogens is 276 g/mol. The second-order valence-corrected chi connectivity index (χ2v) is 8.39. The number of ether oxygens (including phenoxy) is 1. The molecule has 2 aliphatic rings. The molecule has 2 N–H and O–H groups in total. The zero-order valence-corrected chi connectivity index (χ0v) is 14.8. The Labute approximate surface area is 135 Å². The van der Waals surface area contributed by atoms with E-state index >= 15 is 0 Å². The van der Waals surface area contributed by atoms with Crippen LogP contribution in [-0.4, -0.2) is 30.3 Å². The molecule has 0 radical (unpaired) electrons. The second-order valence-electron chi connectivity index (χ2n) is 8.39. The molecular formula is C18H34N2O2. The molecule has 22 heavy (non-hydrogen) atoms. The van der Waals surface area contributed by atoms with Crippen molar-refractivity contribution < 1.29 is 9.53 Å². The highest BCUT2D eigenvalue weighted by Gasteiger charge is 2.31. The maximum absolute atomic E-state index is 11.7. The quantitative estimate of drug-likeness (QED) is 0.811. The number of carbonyl (C=O) groups is 1. The highest BCUT2D eigenvalue weighted by molar-refractivity contribution is 5.68. The minimum absolute atomic E-state index is 0.280. The van der Waals surface area contributed by atoms with Gasteiger partial charge >= 0.3 is 6.09 Å². The van der Waals surface area contributed by atoms with Crippen molar-refractivity contribution in [1.29, 1.82) is 0 Å². The summed E-state index contributed by atoms with van der Waals surface area (Å²) in [4.78, 5) is 11.7. The van der Waals surface area contributed by atoms with Gasteiger partial charge in [-0.2, -0.15) is 0 Å². The molecule has 2 saturated carbocycles. The van der Waals surface area contributed by atoms with Crippen molar-refractivity contribution in [3.8, 4) is 0 Å². The Morgan fingerprint density at radius 2 is 1.86 bits per heavy atom. The summed E-state index contributed by atoms with van der Waals surface area (Å²) in [5.74, 6) is 1.84. The zero-order chi connectivity index (χ0) is 16.2. The van der Waals surface area contributed by atoms with Gasteiger partial charge in [0.25, 0.3) is 0 Å². The van der Waals surface area contributed by atoms with Crippen LogP contribution in [0.15, 0.2) is 0 Å². The summed E-state index contributed by atoms with van der Waals surface area (Å²) in [7, 11) is 0. The molecule has 2 rings (SSSR count). The summed E-state index contributed by atoms with van der Waals surface area (Å²) >= 11 is 0. The third kappa shape index (κ3) is 6.15. The third-order valence-corrected chi connectivity index (χ3v) is 4.89. The average molecular weight is 310 g/mol. The fourth-order valence-corrected chi connectivity index (χ4v) is 3.69. The molecule has 4 nitrogen and oxygen atoms in total. The Hall–Kier alpha value is -0.770. The van der Waals surface area contributed by atoms with Crippen LogP contribution in [0, 0.1) is 11.8 Å². The molecule has 0 aliphatic heterocycles. The molecule has 2 unspecified atom stereocenters. The van der Waals surface area contributed by atoms with Crippen molar-refractivity contribution in [3.63, 3.8) is 0 Å². The van der Waals surface area contributed by atoms with Crippen LogP contribution in [0.5, 0.6) is 0 Å². The molecule has 1 amide bonds. The van der Waals surface area contributed by atoms with Crippen LogP contribution in [-0.2, 0) is 4.74 Å². The summed E-state index contributed by atoms with van der Waals surface area (Å²) in [6.07, 6.45) is 8.74. The number of alkyl carbamates (subject to hydrolysis) is 1. The number of nitrogens with one attached hydrogen (secondary N) is 2. The van der Waals surface area contributed by atoms with Crippen LogP contribution < -0.4 is 10.6 Å². The Kier molecular flexibility index (Phi) is 6.13. The predicted molar refractivity (Wildman–Crippen MR) is 89.9 cm³/mol. The van der Waals surface area contributed by atoms with Crippen molar-refractivity contribution in [2.24, 2.45) is 11.8 Å². The van der Waals surface area contributed by atoms with Gasteiger partial charge in [0, 0.05) is 12.1 Å². The van der Waals surface area contributed by atoms with Gasteiger partial charge < -0.3 is 15.4 Å². The van der Waals surface area contributed by atoms with Crippen molar-refractivity contribution in [1.82, 2.24) is 10.6 Å². The summed E-state index contributed by atoms with van der Waals surface area (Å²) in [6.45, 7) is 9.19. The normalized spacial score (nSPS) is 32.2.